The molecule has 7 heteroatoms. The summed E-state index contributed by atoms with van der Waals surface area (Å²) < 4.78 is 1.72. The molecule has 0 radical (unpaired) electrons. The van der Waals surface area contributed by atoms with Gasteiger partial charge in [-0.1, -0.05) is 48.5 Å². The fourth-order valence-corrected chi connectivity index (χ4v) is 4.19. The molecule has 0 fully saturated rings. The van der Waals surface area contributed by atoms with Crippen molar-refractivity contribution in [1.82, 2.24) is 30.2 Å². The average Bonchev–Trinajstić information content (AvgIpc) is 3.33. The van der Waals surface area contributed by atoms with E-state index < -0.39 is 0 Å². The summed E-state index contributed by atoms with van der Waals surface area (Å²) in [6.07, 6.45) is 0.831. The number of amides is 1. The standard InChI is InChI=1S/C23H24N6O/c1-28-22(23(30)24-13-16-7-3-2-4-8-16)18-14-29(12-11-20(18)27-28)15-21-17-9-5-6-10-19(17)25-26-21/h2-10H,11-15H2,1H3,(H,24,30)(H,25,26). The van der Waals surface area contributed by atoms with Gasteiger partial charge >= 0.3 is 0 Å². The normalized spacial score (nSPS) is 14.0. The zero-order chi connectivity index (χ0) is 20.5. The van der Waals surface area contributed by atoms with Gasteiger partial charge in [0.1, 0.15) is 5.69 Å². The number of aromatic amines is 1. The Morgan fingerprint density at radius 3 is 2.80 bits per heavy atom. The molecule has 0 saturated heterocycles. The van der Waals surface area contributed by atoms with Crippen LogP contribution in [-0.4, -0.2) is 37.3 Å². The summed E-state index contributed by atoms with van der Waals surface area (Å²) in [7, 11) is 1.85. The van der Waals surface area contributed by atoms with Crippen molar-refractivity contribution in [1.29, 1.82) is 0 Å². The van der Waals surface area contributed by atoms with Gasteiger partial charge in [0.05, 0.1) is 16.9 Å². The van der Waals surface area contributed by atoms with Crippen molar-refractivity contribution in [2.45, 2.75) is 26.1 Å². The van der Waals surface area contributed by atoms with Crippen molar-refractivity contribution in [2.24, 2.45) is 7.05 Å². The summed E-state index contributed by atoms with van der Waals surface area (Å²) in [5.41, 5.74) is 5.85. The van der Waals surface area contributed by atoms with E-state index in [4.69, 9.17) is 0 Å². The first kappa shape index (κ1) is 18.6. The van der Waals surface area contributed by atoms with E-state index in [2.05, 4.69) is 31.6 Å². The molecule has 30 heavy (non-hydrogen) atoms. The zero-order valence-electron chi connectivity index (χ0n) is 16.9. The van der Waals surface area contributed by atoms with Gasteiger partial charge in [0, 0.05) is 50.6 Å². The Morgan fingerprint density at radius 1 is 1.13 bits per heavy atom. The molecule has 7 nitrogen and oxygen atoms in total. The molecule has 1 aliphatic heterocycles. The number of fused-ring (bicyclic) bond motifs is 2. The molecule has 0 saturated carbocycles. The largest absolute Gasteiger partial charge is 0.347 e. The van der Waals surface area contributed by atoms with Crippen LogP contribution in [0.15, 0.2) is 54.6 Å². The third-order valence-electron chi connectivity index (χ3n) is 5.71. The molecule has 0 spiro atoms. The third kappa shape index (κ3) is 3.48. The summed E-state index contributed by atoms with van der Waals surface area (Å²) in [4.78, 5) is 15.3. The summed E-state index contributed by atoms with van der Waals surface area (Å²) in [6, 6.07) is 18.1. The lowest BCUT2D eigenvalue weighted by Crippen LogP contribution is -2.32. The van der Waals surface area contributed by atoms with Crippen LogP contribution in [0.1, 0.15) is 33.0 Å². The molecular formula is C23H24N6O. The van der Waals surface area contributed by atoms with E-state index in [1.165, 1.54) is 0 Å². The quantitative estimate of drug-likeness (QED) is 0.540. The zero-order valence-corrected chi connectivity index (χ0v) is 16.9. The van der Waals surface area contributed by atoms with Crippen LogP contribution < -0.4 is 5.32 Å². The van der Waals surface area contributed by atoms with Crippen molar-refractivity contribution >= 4 is 16.8 Å². The second-order valence-corrected chi connectivity index (χ2v) is 7.74. The Morgan fingerprint density at radius 2 is 1.93 bits per heavy atom. The van der Waals surface area contributed by atoms with E-state index in [-0.39, 0.29) is 5.91 Å². The monoisotopic (exact) mass is 400 g/mol. The minimum Gasteiger partial charge on any atom is -0.347 e. The molecule has 4 aromatic rings. The van der Waals surface area contributed by atoms with Crippen molar-refractivity contribution in [3.05, 3.63) is 82.8 Å². The highest BCUT2D eigenvalue weighted by atomic mass is 16.2. The first-order valence-electron chi connectivity index (χ1n) is 10.2. The molecule has 5 rings (SSSR count). The molecule has 0 atom stereocenters. The fraction of sp³-hybridized carbons (Fsp3) is 0.261. The second kappa shape index (κ2) is 7.76. The van der Waals surface area contributed by atoms with Crippen LogP contribution >= 0.6 is 0 Å². The Labute approximate surface area is 174 Å². The van der Waals surface area contributed by atoms with Crippen LogP contribution in [0.25, 0.3) is 10.9 Å². The summed E-state index contributed by atoms with van der Waals surface area (Å²) in [6.45, 7) is 2.83. The molecule has 2 aromatic heterocycles. The van der Waals surface area contributed by atoms with Crippen LogP contribution in [0.4, 0.5) is 0 Å². The fourth-order valence-electron chi connectivity index (χ4n) is 4.19. The average molecular weight is 400 g/mol. The van der Waals surface area contributed by atoms with Gasteiger partial charge < -0.3 is 5.32 Å². The molecule has 1 amide bonds. The number of hydrogen-bond acceptors (Lipinski definition) is 4. The van der Waals surface area contributed by atoms with E-state index >= 15 is 0 Å². The van der Waals surface area contributed by atoms with Crippen LogP contribution in [0.3, 0.4) is 0 Å². The smallest absolute Gasteiger partial charge is 0.270 e. The number of carbonyl (C=O) groups excluding carboxylic acids is 1. The van der Waals surface area contributed by atoms with E-state index in [1.807, 2.05) is 55.6 Å². The maximum Gasteiger partial charge on any atom is 0.270 e. The van der Waals surface area contributed by atoms with Crippen molar-refractivity contribution < 1.29 is 4.79 Å². The highest BCUT2D eigenvalue weighted by Gasteiger charge is 2.27. The van der Waals surface area contributed by atoms with Gasteiger partial charge in [-0.3, -0.25) is 19.5 Å². The predicted octanol–water partition coefficient (Wildman–Crippen LogP) is 2.78. The number of carbonyl (C=O) groups is 1. The summed E-state index contributed by atoms with van der Waals surface area (Å²) in [5, 5.41) is 16.4. The van der Waals surface area contributed by atoms with Gasteiger partial charge in [-0.15, -0.1) is 0 Å². The number of hydrogen-bond donors (Lipinski definition) is 2. The molecule has 0 unspecified atom stereocenters. The lowest BCUT2D eigenvalue weighted by molar-refractivity contribution is 0.0939. The molecule has 2 aromatic carbocycles. The number of para-hydroxylation sites is 1. The van der Waals surface area contributed by atoms with Crippen molar-refractivity contribution in [2.75, 3.05) is 6.54 Å². The van der Waals surface area contributed by atoms with Crippen molar-refractivity contribution in [3.63, 3.8) is 0 Å². The maximum atomic E-state index is 13.0. The molecule has 0 bridgehead atoms. The summed E-state index contributed by atoms with van der Waals surface area (Å²) in [5.74, 6) is -0.0813. The van der Waals surface area contributed by atoms with E-state index in [1.54, 1.807) is 4.68 Å². The molecular weight excluding hydrogens is 376 g/mol. The van der Waals surface area contributed by atoms with Gasteiger partial charge in [0.25, 0.3) is 5.91 Å². The van der Waals surface area contributed by atoms with E-state index in [0.717, 1.165) is 52.9 Å². The first-order chi connectivity index (χ1) is 14.7. The number of rotatable bonds is 5. The van der Waals surface area contributed by atoms with Gasteiger partial charge in [-0.05, 0) is 11.6 Å². The van der Waals surface area contributed by atoms with Gasteiger partial charge in [-0.2, -0.15) is 10.2 Å². The molecule has 2 N–H and O–H groups in total. The van der Waals surface area contributed by atoms with E-state index in [0.29, 0.717) is 18.8 Å². The number of H-pyrrole nitrogens is 1. The Kier molecular flexibility index (Phi) is 4.80. The maximum absolute atomic E-state index is 13.0. The first-order valence-corrected chi connectivity index (χ1v) is 10.2. The van der Waals surface area contributed by atoms with E-state index in [9.17, 15) is 4.79 Å². The third-order valence-corrected chi connectivity index (χ3v) is 5.71. The molecule has 1 aliphatic rings. The predicted molar refractivity (Wildman–Crippen MR) is 115 cm³/mol. The summed E-state index contributed by atoms with van der Waals surface area (Å²) >= 11 is 0. The van der Waals surface area contributed by atoms with Crippen LogP contribution in [0.5, 0.6) is 0 Å². The number of nitrogens with one attached hydrogen (secondary N) is 2. The van der Waals surface area contributed by atoms with Gasteiger partial charge in [0.2, 0.25) is 0 Å². The highest BCUT2D eigenvalue weighted by Crippen LogP contribution is 2.25. The minimum absolute atomic E-state index is 0.0813. The lowest BCUT2D eigenvalue weighted by Gasteiger charge is -2.26. The lowest BCUT2D eigenvalue weighted by atomic mass is 10.0. The molecule has 152 valence electrons. The minimum atomic E-state index is -0.0813. The molecule has 3 heterocycles. The Bertz CT molecular complexity index is 1190. The van der Waals surface area contributed by atoms with Gasteiger partial charge in [0.15, 0.2) is 0 Å². The number of benzene rings is 2. The highest BCUT2D eigenvalue weighted by molar-refractivity contribution is 5.94. The Hall–Kier alpha value is -3.45. The Balaban J connectivity index is 1.34. The van der Waals surface area contributed by atoms with Crippen LogP contribution in [0.2, 0.25) is 0 Å². The number of nitrogens with zero attached hydrogens (tertiary/aromatic N) is 4. The van der Waals surface area contributed by atoms with Crippen LogP contribution in [0, 0.1) is 0 Å². The number of aromatic nitrogens is 4. The van der Waals surface area contributed by atoms with Crippen molar-refractivity contribution in [3.8, 4) is 0 Å². The molecule has 0 aliphatic carbocycles. The number of aryl methyl sites for hydroxylation is 1. The van der Waals surface area contributed by atoms with Gasteiger partial charge in [-0.25, -0.2) is 0 Å². The topological polar surface area (TPSA) is 78.8 Å². The SMILES string of the molecule is Cn1nc2c(c1C(=O)NCc1ccccc1)CN(Cc1n[nH]c3ccccc13)CC2. The van der Waals surface area contributed by atoms with Crippen LogP contribution in [-0.2, 0) is 33.1 Å². The second-order valence-electron chi connectivity index (χ2n) is 7.74.